The van der Waals surface area contributed by atoms with Crippen LogP contribution in [-0.2, 0) is 14.8 Å². The molecule has 2 saturated heterocycles. The number of carboxylic acids is 1. The number of nitrogens with zero attached hydrogens (tertiary/aromatic N) is 2. The van der Waals surface area contributed by atoms with E-state index < -0.39 is 28.0 Å². The minimum atomic E-state index is -3.73. The SMILES string of the molecule is Cc1cc(S(=O)(=O)N2C3CCC2C(C(=O)O)C3)ccc1C#N. The van der Waals surface area contributed by atoms with Crippen molar-refractivity contribution in [2.45, 2.75) is 43.2 Å². The van der Waals surface area contributed by atoms with Gasteiger partial charge in [0.2, 0.25) is 10.0 Å². The maximum absolute atomic E-state index is 12.9. The van der Waals surface area contributed by atoms with Crippen molar-refractivity contribution in [3.05, 3.63) is 29.3 Å². The van der Waals surface area contributed by atoms with Crippen LogP contribution in [0.15, 0.2) is 23.1 Å². The van der Waals surface area contributed by atoms with Crippen molar-refractivity contribution in [2.24, 2.45) is 5.92 Å². The molecule has 1 aromatic rings. The minimum absolute atomic E-state index is 0.131. The first-order valence-electron chi connectivity index (χ1n) is 7.13. The Labute approximate surface area is 129 Å². The highest BCUT2D eigenvalue weighted by Crippen LogP contribution is 2.45. The molecule has 6 nitrogen and oxygen atoms in total. The summed E-state index contributed by atoms with van der Waals surface area (Å²) in [4.78, 5) is 11.4. The smallest absolute Gasteiger partial charge is 0.308 e. The van der Waals surface area contributed by atoms with Gasteiger partial charge in [-0.05, 0) is 49.9 Å². The van der Waals surface area contributed by atoms with Crippen LogP contribution in [0.1, 0.15) is 30.4 Å². The van der Waals surface area contributed by atoms with Crippen molar-refractivity contribution in [1.82, 2.24) is 4.31 Å². The number of fused-ring (bicyclic) bond motifs is 2. The Kier molecular flexibility index (Phi) is 3.46. The lowest BCUT2D eigenvalue weighted by atomic mass is 9.89. The molecule has 0 radical (unpaired) electrons. The van der Waals surface area contributed by atoms with Gasteiger partial charge in [-0.25, -0.2) is 8.42 Å². The Morgan fingerprint density at radius 1 is 1.41 bits per heavy atom. The fourth-order valence-corrected chi connectivity index (χ4v) is 5.62. The van der Waals surface area contributed by atoms with Gasteiger partial charge in [-0.15, -0.1) is 0 Å². The summed E-state index contributed by atoms with van der Waals surface area (Å²) in [5, 5.41) is 18.2. The monoisotopic (exact) mass is 320 g/mol. The predicted molar refractivity (Wildman–Crippen MR) is 77.5 cm³/mol. The van der Waals surface area contributed by atoms with E-state index in [-0.39, 0.29) is 10.9 Å². The van der Waals surface area contributed by atoms with Crippen LogP contribution in [-0.4, -0.2) is 35.9 Å². The maximum atomic E-state index is 12.9. The lowest BCUT2D eigenvalue weighted by Gasteiger charge is -2.22. The van der Waals surface area contributed by atoms with Crippen LogP contribution in [0.25, 0.3) is 0 Å². The van der Waals surface area contributed by atoms with E-state index in [1.165, 1.54) is 22.5 Å². The van der Waals surface area contributed by atoms with Gasteiger partial charge in [0.25, 0.3) is 0 Å². The minimum Gasteiger partial charge on any atom is -0.481 e. The molecule has 2 heterocycles. The van der Waals surface area contributed by atoms with E-state index in [4.69, 9.17) is 5.26 Å². The third-order valence-corrected chi connectivity index (χ3v) is 6.66. The van der Waals surface area contributed by atoms with Crippen LogP contribution < -0.4 is 0 Å². The molecule has 2 aliphatic rings. The molecule has 1 aromatic carbocycles. The van der Waals surface area contributed by atoms with Crippen LogP contribution in [0.5, 0.6) is 0 Å². The number of sulfonamides is 1. The van der Waals surface area contributed by atoms with Gasteiger partial charge in [-0.3, -0.25) is 4.79 Å². The first-order valence-corrected chi connectivity index (χ1v) is 8.57. The van der Waals surface area contributed by atoms with E-state index in [9.17, 15) is 18.3 Å². The average Bonchev–Trinajstić information content (AvgIpc) is 3.05. The van der Waals surface area contributed by atoms with Crippen LogP contribution in [0, 0.1) is 24.2 Å². The number of carbonyl (C=O) groups is 1. The fourth-order valence-electron chi connectivity index (χ4n) is 3.62. The van der Waals surface area contributed by atoms with E-state index >= 15 is 0 Å². The van der Waals surface area contributed by atoms with Gasteiger partial charge in [-0.1, -0.05) is 0 Å². The molecular weight excluding hydrogens is 304 g/mol. The van der Waals surface area contributed by atoms with Gasteiger partial charge >= 0.3 is 5.97 Å². The molecule has 116 valence electrons. The molecule has 0 saturated carbocycles. The average molecular weight is 320 g/mol. The molecular formula is C15H16N2O4S. The molecule has 0 aliphatic carbocycles. The maximum Gasteiger partial charge on any atom is 0.308 e. The van der Waals surface area contributed by atoms with Crippen LogP contribution in [0.2, 0.25) is 0 Å². The molecule has 3 unspecified atom stereocenters. The van der Waals surface area contributed by atoms with Crippen molar-refractivity contribution >= 4 is 16.0 Å². The normalized spacial score (nSPS) is 27.7. The quantitative estimate of drug-likeness (QED) is 0.910. The molecule has 7 heteroatoms. The molecule has 0 amide bonds. The summed E-state index contributed by atoms with van der Waals surface area (Å²) in [6.45, 7) is 1.69. The molecule has 1 N–H and O–H groups in total. The highest BCUT2D eigenvalue weighted by Gasteiger charge is 2.54. The Morgan fingerprint density at radius 2 is 2.14 bits per heavy atom. The van der Waals surface area contributed by atoms with Crippen LogP contribution in [0.4, 0.5) is 0 Å². The second kappa shape index (κ2) is 5.07. The van der Waals surface area contributed by atoms with Crippen molar-refractivity contribution in [1.29, 1.82) is 5.26 Å². The van der Waals surface area contributed by atoms with Crippen molar-refractivity contribution in [2.75, 3.05) is 0 Å². The van der Waals surface area contributed by atoms with Crippen LogP contribution in [0.3, 0.4) is 0 Å². The standard InChI is InChI=1S/C15H16N2O4S/c1-9-6-12(4-2-10(9)8-16)22(20,21)17-11-3-5-14(17)13(7-11)15(18)19/h2,4,6,11,13-14H,3,5,7H2,1H3,(H,18,19). The van der Waals surface area contributed by atoms with Gasteiger partial charge in [0, 0.05) is 12.1 Å². The molecule has 2 aliphatic heterocycles. The topological polar surface area (TPSA) is 98.5 Å². The van der Waals surface area contributed by atoms with Gasteiger partial charge in [-0.2, -0.15) is 9.57 Å². The summed E-state index contributed by atoms with van der Waals surface area (Å²) in [6.07, 6.45) is 1.69. The zero-order valence-electron chi connectivity index (χ0n) is 12.1. The number of hydrogen-bond donors (Lipinski definition) is 1. The van der Waals surface area contributed by atoms with E-state index in [2.05, 4.69) is 0 Å². The molecule has 3 atom stereocenters. The van der Waals surface area contributed by atoms with Gasteiger partial charge in [0.1, 0.15) is 0 Å². The second-order valence-electron chi connectivity index (χ2n) is 5.90. The molecule has 3 rings (SSSR count). The largest absolute Gasteiger partial charge is 0.481 e. The van der Waals surface area contributed by atoms with Gasteiger partial charge < -0.3 is 5.11 Å². The van der Waals surface area contributed by atoms with E-state index in [1.807, 2.05) is 6.07 Å². The summed E-state index contributed by atoms with van der Waals surface area (Å²) in [5.41, 5.74) is 1.04. The molecule has 0 aromatic heterocycles. The number of aryl methyl sites for hydroxylation is 1. The Hall–Kier alpha value is -1.91. The number of rotatable bonds is 3. The molecule has 22 heavy (non-hydrogen) atoms. The van der Waals surface area contributed by atoms with E-state index in [0.717, 1.165) is 0 Å². The van der Waals surface area contributed by atoms with Crippen molar-refractivity contribution < 1.29 is 18.3 Å². The first kappa shape index (κ1) is 15.0. The summed E-state index contributed by atoms with van der Waals surface area (Å²) in [5.74, 6) is -1.54. The Morgan fingerprint density at radius 3 is 2.68 bits per heavy atom. The molecule has 2 fully saturated rings. The lowest BCUT2D eigenvalue weighted by Crippen LogP contribution is -2.37. The number of aliphatic carboxylic acids is 1. The first-order chi connectivity index (χ1) is 10.4. The number of hydrogen-bond acceptors (Lipinski definition) is 4. The van der Waals surface area contributed by atoms with Gasteiger partial charge in [0.05, 0.1) is 22.4 Å². The van der Waals surface area contributed by atoms with E-state index in [0.29, 0.717) is 30.4 Å². The highest BCUT2D eigenvalue weighted by atomic mass is 32.2. The lowest BCUT2D eigenvalue weighted by molar-refractivity contribution is -0.142. The van der Waals surface area contributed by atoms with E-state index in [1.54, 1.807) is 6.92 Å². The summed E-state index contributed by atoms with van der Waals surface area (Å²) in [6, 6.07) is 5.73. The third-order valence-electron chi connectivity index (χ3n) is 4.68. The van der Waals surface area contributed by atoms with Gasteiger partial charge in [0.15, 0.2) is 0 Å². The third kappa shape index (κ3) is 2.11. The zero-order valence-corrected chi connectivity index (χ0v) is 12.9. The summed E-state index contributed by atoms with van der Waals surface area (Å²) in [7, 11) is -3.73. The molecule has 0 spiro atoms. The van der Waals surface area contributed by atoms with Crippen molar-refractivity contribution in [3.63, 3.8) is 0 Å². The fraction of sp³-hybridized carbons (Fsp3) is 0.467. The summed E-state index contributed by atoms with van der Waals surface area (Å²) < 4.78 is 27.1. The predicted octanol–water partition coefficient (Wildman–Crippen LogP) is 1.49. The summed E-state index contributed by atoms with van der Waals surface area (Å²) >= 11 is 0. The van der Waals surface area contributed by atoms with Crippen LogP contribution >= 0.6 is 0 Å². The number of carboxylic acid groups (broad SMARTS) is 1. The Bertz CT molecular complexity index is 781. The number of nitriles is 1. The molecule has 2 bridgehead atoms. The number of benzene rings is 1. The second-order valence-corrected chi connectivity index (χ2v) is 7.75. The van der Waals surface area contributed by atoms with Crippen molar-refractivity contribution in [3.8, 4) is 6.07 Å². The highest BCUT2D eigenvalue weighted by molar-refractivity contribution is 7.89. The Balaban J connectivity index is 1.99. The zero-order chi connectivity index (χ0) is 16.1.